The third-order valence-corrected chi connectivity index (χ3v) is 5.14. The van der Waals surface area contributed by atoms with Crippen LogP contribution >= 0.6 is 27.7 Å². The Kier molecular flexibility index (Phi) is 4.72. The van der Waals surface area contributed by atoms with Gasteiger partial charge < -0.3 is 0 Å². The van der Waals surface area contributed by atoms with Crippen molar-refractivity contribution in [3.8, 4) is 0 Å². The molecule has 0 unspecified atom stereocenters. The summed E-state index contributed by atoms with van der Waals surface area (Å²) in [6.07, 6.45) is 1.89. The molecule has 0 saturated heterocycles. The summed E-state index contributed by atoms with van der Waals surface area (Å²) in [5, 5.41) is 0. The molecule has 7 heteroatoms. The molecule has 106 valence electrons. The molecule has 0 radical (unpaired) electrons. The van der Waals surface area contributed by atoms with Crippen molar-refractivity contribution in [3.05, 3.63) is 52.8 Å². The van der Waals surface area contributed by atoms with Crippen LogP contribution < -0.4 is 4.72 Å². The van der Waals surface area contributed by atoms with E-state index in [1.54, 1.807) is 18.2 Å². The molecule has 0 amide bonds. The number of hydrogen-bond acceptors (Lipinski definition) is 3. The second-order valence-electron chi connectivity index (χ2n) is 3.91. The molecule has 0 spiro atoms. The van der Waals surface area contributed by atoms with Crippen LogP contribution in [0.3, 0.4) is 0 Å². The highest BCUT2D eigenvalue weighted by Gasteiger charge is 2.19. The fourth-order valence-corrected chi connectivity index (χ4v) is 3.49. The smallest absolute Gasteiger partial charge is 0.264 e. The molecule has 0 atom stereocenters. The van der Waals surface area contributed by atoms with Gasteiger partial charge in [0.05, 0.1) is 0 Å². The van der Waals surface area contributed by atoms with Gasteiger partial charge in [-0.3, -0.25) is 4.72 Å². The van der Waals surface area contributed by atoms with Gasteiger partial charge >= 0.3 is 0 Å². The maximum atomic E-state index is 13.7. The number of rotatable bonds is 4. The summed E-state index contributed by atoms with van der Waals surface area (Å²) in [5.41, 5.74) is 0.402. The van der Waals surface area contributed by atoms with Gasteiger partial charge in [0.1, 0.15) is 10.7 Å². The second kappa shape index (κ2) is 6.15. The highest BCUT2D eigenvalue weighted by Crippen LogP contribution is 2.24. The summed E-state index contributed by atoms with van der Waals surface area (Å²) in [7, 11) is -3.94. The summed E-state index contributed by atoms with van der Waals surface area (Å²) >= 11 is 4.59. The average Bonchev–Trinajstić information content (AvgIpc) is 2.37. The van der Waals surface area contributed by atoms with E-state index in [2.05, 4.69) is 20.7 Å². The van der Waals surface area contributed by atoms with Gasteiger partial charge in [0.2, 0.25) is 0 Å². The lowest BCUT2D eigenvalue weighted by Gasteiger charge is -2.10. The van der Waals surface area contributed by atoms with Crippen LogP contribution in [0.4, 0.5) is 10.1 Å². The Morgan fingerprint density at radius 2 is 1.95 bits per heavy atom. The number of hydrogen-bond donors (Lipinski definition) is 1. The lowest BCUT2D eigenvalue weighted by molar-refractivity contribution is 0.570. The minimum absolute atomic E-state index is 0.379. The number of sulfonamides is 1. The number of benzene rings is 2. The molecule has 0 aromatic heterocycles. The van der Waals surface area contributed by atoms with Crippen molar-refractivity contribution in [1.29, 1.82) is 0 Å². The van der Waals surface area contributed by atoms with E-state index in [0.29, 0.717) is 10.2 Å². The molecule has 0 aliphatic heterocycles. The van der Waals surface area contributed by atoms with Crippen LogP contribution in [0.1, 0.15) is 0 Å². The minimum atomic E-state index is -3.94. The Morgan fingerprint density at radius 3 is 2.60 bits per heavy atom. The summed E-state index contributed by atoms with van der Waals surface area (Å²) in [4.78, 5) is 0.539. The first-order valence-corrected chi connectivity index (χ1v) is 9.04. The van der Waals surface area contributed by atoms with E-state index in [9.17, 15) is 12.8 Å². The number of nitrogens with one attached hydrogen (secondary N) is 1. The fourth-order valence-electron chi connectivity index (χ4n) is 1.59. The molecule has 2 aromatic rings. The quantitative estimate of drug-likeness (QED) is 0.817. The first-order valence-electron chi connectivity index (χ1n) is 5.54. The normalized spacial score (nSPS) is 11.3. The van der Waals surface area contributed by atoms with Crippen molar-refractivity contribution >= 4 is 43.4 Å². The van der Waals surface area contributed by atoms with E-state index in [1.165, 1.54) is 23.9 Å². The maximum absolute atomic E-state index is 13.7. The van der Waals surface area contributed by atoms with Crippen LogP contribution in [0.25, 0.3) is 0 Å². The molecule has 1 N–H and O–H groups in total. The summed E-state index contributed by atoms with van der Waals surface area (Å²) in [5.74, 6) is -0.798. The number of anilines is 1. The van der Waals surface area contributed by atoms with Crippen molar-refractivity contribution in [2.24, 2.45) is 0 Å². The van der Waals surface area contributed by atoms with Crippen LogP contribution in [-0.4, -0.2) is 14.7 Å². The van der Waals surface area contributed by atoms with Crippen LogP contribution in [-0.2, 0) is 10.0 Å². The van der Waals surface area contributed by atoms with Gasteiger partial charge in [-0.25, -0.2) is 12.8 Å². The van der Waals surface area contributed by atoms with Crippen molar-refractivity contribution in [3.63, 3.8) is 0 Å². The lowest BCUT2D eigenvalue weighted by atomic mass is 10.3. The molecule has 0 heterocycles. The lowest BCUT2D eigenvalue weighted by Crippen LogP contribution is -2.14. The largest absolute Gasteiger partial charge is 0.280 e. The predicted octanol–water partition coefficient (Wildman–Crippen LogP) is 4.11. The Balaban J connectivity index is 2.35. The van der Waals surface area contributed by atoms with E-state index in [4.69, 9.17) is 0 Å². The molecule has 2 aromatic carbocycles. The van der Waals surface area contributed by atoms with E-state index < -0.39 is 15.8 Å². The van der Waals surface area contributed by atoms with Gasteiger partial charge in [-0.1, -0.05) is 22.0 Å². The Morgan fingerprint density at radius 1 is 1.20 bits per heavy atom. The van der Waals surface area contributed by atoms with E-state index >= 15 is 0 Å². The molecule has 0 saturated carbocycles. The topological polar surface area (TPSA) is 46.2 Å². The Bertz CT molecular complexity index is 735. The first-order chi connectivity index (χ1) is 9.42. The van der Waals surface area contributed by atoms with Gasteiger partial charge in [0.25, 0.3) is 10.0 Å². The zero-order valence-electron chi connectivity index (χ0n) is 10.4. The molecule has 20 heavy (non-hydrogen) atoms. The summed E-state index contributed by atoms with van der Waals surface area (Å²) < 4.78 is 40.9. The fraction of sp³-hybridized carbons (Fsp3) is 0.0769. The zero-order chi connectivity index (χ0) is 14.8. The van der Waals surface area contributed by atoms with Crippen LogP contribution in [0.2, 0.25) is 0 Å². The van der Waals surface area contributed by atoms with Crippen molar-refractivity contribution in [1.82, 2.24) is 0 Å². The maximum Gasteiger partial charge on any atom is 0.264 e. The highest BCUT2D eigenvalue weighted by atomic mass is 79.9. The van der Waals surface area contributed by atoms with E-state index in [1.807, 2.05) is 12.3 Å². The zero-order valence-corrected chi connectivity index (χ0v) is 13.6. The molecular formula is C13H11BrFNO2S2. The van der Waals surface area contributed by atoms with Gasteiger partial charge in [0.15, 0.2) is 0 Å². The second-order valence-corrected chi connectivity index (χ2v) is 7.36. The van der Waals surface area contributed by atoms with Gasteiger partial charge in [-0.2, -0.15) is 0 Å². The third-order valence-electron chi connectivity index (χ3n) is 2.51. The molecule has 2 rings (SSSR count). The Labute approximate surface area is 129 Å². The Hall–Kier alpha value is -1.05. The summed E-state index contributed by atoms with van der Waals surface area (Å²) in [6.45, 7) is 0. The van der Waals surface area contributed by atoms with Crippen molar-refractivity contribution < 1.29 is 12.8 Å². The van der Waals surface area contributed by atoms with Crippen LogP contribution in [0.5, 0.6) is 0 Å². The standard InChI is InChI=1S/C13H11BrFNO2S2/c1-19-11-4-2-3-10(8-11)16-20(17,18)13-6-5-9(14)7-12(13)15/h2-8,16H,1H3. The third kappa shape index (κ3) is 3.53. The van der Waals surface area contributed by atoms with Crippen molar-refractivity contribution in [2.75, 3.05) is 11.0 Å². The molecule has 0 fully saturated rings. The SMILES string of the molecule is CSc1cccc(NS(=O)(=O)c2ccc(Br)cc2F)c1. The monoisotopic (exact) mass is 375 g/mol. The first kappa shape index (κ1) is 15.3. The minimum Gasteiger partial charge on any atom is -0.280 e. The van der Waals surface area contributed by atoms with Crippen LogP contribution in [0.15, 0.2) is 56.7 Å². The summed E-state index contributed by atoms with van der Waals surface area (Å²) in [6, 6.07) is 10.7. The van der Waals surface area contributed by atoms with E-state index in [0.717, 1.165) is 11.0 Å². The van der Waals surface area contributed by atoms with Gasteiger partial charge in [0, 0.05) is 15.1 Å². The molecule has 3 nitrogen and oxygen atoms in total. The molecule has 0 aliphatic carbocycles. The van der Waals surface area contributed by atoms with E-state index in [-0.39, 0.29) is 4.90 Å². The predicted molar refractivity (Wildman–Crippen MR) is 83.1 cm³/mol. The number of thioether (sulfide) groups is 1. The molecule has 0 bridgehead atoms. The van der Waals surface area contributed by atoms with Crippen LogP contribution in [0, 0.1) is 5.82 Å². The molecule has 0 aliphatic rings. The number of halogens is 2. The van der Waals surface area contributed by atoms with Gasteiger partial charge in [-0.05, 0) is 42.7 Å². The highest BCUT2D eigenvalue weighted by molar-refractivity contribution is 9.10. The average molecular weight is 376 g/mol. The van der Waals surface area contributed by atoms with Crippen molar-refractivity contribution in [2.45, 2.75) is 9.79 Å². The van der Waals surface area contributed by atoms with Gasteiger partial charge in [-0.15, -0.1) is 11.8 Å². The molecular weight excluding hydrogens is 365 g/mol.